The molecule has 13 rings (SSSR count). The Labute approximate surface area is 307 Å². The lowest BCUT2D eigenvalue weighted by Gasteiger charge is -2.57. The van der Waals surface area contributed by atoms with Crippen LogP contribution < -0.4 is 0 Å². The molecule has 4 aromatic carbocycles. The molecule has 0 amide bonds. The topological polar surface area (TPSA) is 62.5 Å². The maximum atomic E-state index is 9.54. The van der Waals surface area contributed by atoms with Crippen molar-refractivity contribution in [2.45, 2.75) is 87.9 Å². The molecule has 8 bridgehead atoms. The summed E-state index contributed by atoms with van der Waals surface area (Å²) in [6.07, 6.45) is 17.0. The summed E-state index contributed by atoms with van der Waals surface area (Å²) in [5.74, 6) is 7.66. The van der Waals surface area contributed by atoms with E-state index in [0.717, 1.165) is 75.0 Å². The van der Waals surface area contributed by atoms with E-state index in [9.17, 15) is 5.26 Å². The molecule has 0 unspecified atom stereocenters. The Bertz CT molecular complexity index is 2050. The third-order valence-electron chi connectivity index (χ3n) is 14.7. The quantitative estimate of drug-likeness (QED) is 0.179. The van der Waals surface area contributed by atoms with Crippen LogP contribution in [-0.2, 0) is 10.8 Å². The minimum atomic E-state index is 0.366. The minimum Gasteiger partial charge on any atom is -0.208 e. The monoisotopic (exact) mass is 678 g/mol. The molecule has 5 aromatic rings. The standard InChI is InChI=1S/C48H46N4/c49-29-30-3-1-4-39(21-30)40-5-2-6-41(22-40)46-51-44(37-7-11-42(12-8-37)47-23-31-15-32(24-47)17-33(16-31)25-47)50-45(52-46)38-9-13-43(14-10-38)48-26-34-18-35(27-48)20-36(19-34)28-48/h1-14,21-22,31-36H,15-20,23-28H2/t31-,32-,33-,34-,35+,36-,47?,48?. The summed E-state index contributed by atoms with van der Waals surface area (Å²) in [6.45, 7) is 0. The molecule has 8 aliphatic carbocycles. The predicted molar refractivity (Wildman–Crippen MR) is 206 cm³/mol. The molecule has 0 spiro atoms. The van der Waals surface area contributed by atoms with Crippen molar-refractivity contribution in [3.63, 3.8) is 0 Å². The first-order valence-electron chi connectivity index (χ1n) is 20.1. The van der Waals surface area contributed by atoms with Crippen molar-refractivity contribution in [1.82, 2.24) is 15.0 Å². The van der Waals surface area contributed by atoms with Crippen LogP contribution in [0.2, 0.25) is 0 Å². The lowest BCUT2D eigenvalue weighted by molar-refractivity contribution is -0.00530. The summed E-state index contributed by atoms with van der Waals surface area (Å²) in [5, 5.41) is 9.54. The van der Waals surface area contributed by atoms with Crippen LogP contribution in [0.3, 0.4) is 0 Å². The molecule has 0 saturated heterocycles. The van der Waals surface area contributed by atoms with Crippen molar-refractivity contribution in [3.8, 4) is 51.4 Å². The summed E-state index contributed by atoms with van der Waals surface area (Å²) >= 11 is 0. The van der Waals surface area contributed by atoms with Crippen LogP contribution in [0.4, 0.5) is 0 Å². The van der Waals surface area contributed by atoms with Crippen LogP contribution in [0, 0.1) is 46.8 Å². The predicted octanol–water partition coefficient (Wildman–Crippen LogP) is 11.3. The van der Waals surface area contributed by atoms with E-state index in [2.05, 4.69) is 84.9 Å². The van der Waals surface area contributed by atoms with Gasteiger partial charge in [0.2, 0.25) is 0 Å². The zero-order valence-corrected chi connectivity index (χ0v) is 30.0. The summed E-state index contributed by atoms with van der Waals surface area (Å²) in [5.41, 5.74) is 9.52. The Balaban J connectivity index is 0.972. The molecule has 1 heterocycles. The van der Waals surface area contributed by atoms with E-state index in [0.29, 0.717) is 22.2 Å². The van der Waals surface area contributed by atoms with Gasteiger partial charge in [0, 0.05) is 16.7 Å². The third-order valence-corrected chi connectivity index (χ3v) is 14.7. The highest BCUT2D eigenvalue weighted by Gasteiger charge is 2.52. The molecule has 0 aliphatic heterocycles. The summed E-state index contributed by atoms with van der Waals surface area (Å²) in [7, 11) is 0. The van der Waals surface area contributed by atoms with E-state index in [1.807, 2.05) is 18.2 Å². The molecule has 1 aromatic heterocycles. The van der Waals surface area contributed by atoms with Gasteiger partial charge in [0.1, 0.15) is 0 Å². The van der Waals surface area contributed by atoms with Gasteiger partial charge in [0.05, 0.1) is 11.6 Å². The number of hydrogen-bond acceptors (Lipinski definition) is 4. The highest BCUT2D eigenvalue weighted by molar-refractivity contribution is 5.73. The van der Waals surface area contributed by atoms with Gasteiger partial charge in [-0.05, 0) is 164 Å². The van der Waals surface area contributed by atoms with Crippen molar-refractivity contribution in [1.29, 1.82) is 5.26 Å². The molecule has 4 heteroatoms. The maximum Gasteiger partial charge on any atom is 0.164 e. The van der Waals surface area contributed by atoms with Gasteiger partial charge in [-0.2, -0.15) is 5.26 Å². The third kappa shape index (κ3) is 5.18. The number of nitrogens with zero attached hydrogens (tertiary/aromatic N) is 4. The van der Waals surface area contributed by atoms with E-state index < -0.39 is 0 Å². The molecule has 4 nitrogen and oxygen atoms in total. The van der Waals surface area contributed by atoms with Crippen molar-refractivity contribution in [2.75, 3.05) is 0 Å². The second kappa shape index (κ2) is 11.7. The molecular formula is C48H46N4. The van der Waals surface area contributed by atoms with Crippen LogP contribution in [0.25, 0.3) is 45.3 Å². The molecule has 8 aliphatic rings. The van der Waals surface area contributed by atoms with Crippen molar-refractivity contribution in [2.24, 2.45) is 35.5 Å². The number of nitriles is 1. The fraction of sp³-hybridized carbons (Fsp3) is 0.417. The Morgan fingerprint density at radius 1 is 0.423 bits per heavy atom. The fourth-order valence-electron chi connectivity index (χ4n) is 13.2. The van der Waals surface area contributed by atoms with Gasteiger partial charge in [-0.15, -0.1) is 0 Å². The maximum absolute atomic E-state index is 9.54. The summed E-state index contributed by atoms with van der Waals surface area (Å²) < 4.78 is 0. The zero-order chi connectivity index (χ0) is 34.4. The lowest BCUT2D eigenvalue weighted by atomic mass is 9.48. The van der Waals surface area contributed by atoms with Gasteiger partial charge in [0.25, 0.3) is 0 Å². The molecule has 8 saturated carbocycles. The van der Waals surface area contributed by atoms with E-state index in [4.69, 9.17) is 15.0 Å². The van der Waals surface area contributed by atoms with Crippen LogP contribution in [0.15, 0.2) is 97.1 Å². The summed E-state index contributed by atoms with van der Waals surface area (Å²) in [4.78, 5) is 15.5. The molecule has 0 N–H and O–H groups in total. The van der Waals surface area contributed by atoms with Gasteiger partial charge in [-0.1, -0.05) is 78.9 Å². The molecular weight excluding hydrogens is 633 g/mol. The second-order valence-electron chi connectivity index (χ2n) is 18.1. The van der Waals surface area contributed by atoms with Crippen LogP contribution in [0.5, 0.6) is 0 Å². The van der Waals surface area contributed by atoms with E-state index in [1.165, 1.54) is 88.2 Å². The SMILES string of the molecule is N#Cc1cccc(-c2cccc(-c3nc(-c4ccc(C56C[C@H]7C[C@@H](C5)C[C@@H](C6)C7)cc4)nc(-c4ccc(C56C[C@H]7C[C@H](C5)C[C@@H](C6)C7)cc4)n3)c2)c1. The number of rotatable bonds is 6. The lowest BCUT2D eigenvalue weighted by Crippen LogP contribution is -2.48. The highest BCUT2D eigenvalue weighted by Crippen LogP contribution is 2.62. The summed E-state index contributed by atoms with van der Waals surface area (Å²) in [6, 6.07) is 37.2. The molecule has 0 atom stereocenters. The van der Waals surface area contributed by atoms with Crippen LogP contribution in [0.1, 0.15) is 93.7 Å². The van der Waals surface area contributed by atoms with Crippen molar-refractivity contribution in [3.05, 3.63) is 114 Å². The van der Waals surface area contributed by atoms with Crippen molar-refractivity contribution >= 4 is 0 Å². The number of benzene rings is 4. The van der Waals surface area contributed by atoms with Gasteiger partial charge < -0.3 is 0 Å². The first-order valence-corrected chi connectivity index (χ1v) is 20.1. The molecule has 0 radical (unpaired) electrons. The van der Waals surface area contributed by atoms with Gasteiger partial charge in [0.15, 0.2) is 17.5 Å². The Morgan fingerprint density at radius 2 is 0.788 bits per heavy atom. The van der Waals surface area contributed by atoms with E-state index >= 15 is 0 Å². The Kier molecular flexibility index (Phi) is 6.96. The second-order valence-corrected chi connectivity index (χ2v) is 18.1. The normalized spacial score (nSPS) is 32.2. The largest absolute Gasteiger partial charge is 0.208 e. The van der Waals surface area contributed by atoms with E-state index in [1.54, 1.807) is 0 Å². The minimum absolute atomic E-state index is 0.366. The Morgan fingerprint density at radius 3 is 1.21 bits per heavy atom. The number of aromatic nitrogens is 3. The van der Waals surface area contributed by atoms with Gasteiger partial charge in [-0.3, -0.25) is 0 Å². The highest BCUT2D eigenvalue weighted by atomic mass is 15.0. The Hall–Kier alpha value is -4.62. The average Bonchev–Trinajstić information content (AvgIpc) is 3.17. The molecule has 258 valence electrons. The fourth-order valence-corrected chi connectivity index (χ4v) is 13.2. The van der Waals surface area contributed by atoms with Crippen molar-refractivity contribution < 1.29 is 0 Å². The van der Waals surface area contributed by atoms with E-state index in [-0.39, 0.29) is 0 Å². The zero-order valence-electron chi connectivity index (χ0n) is 30.0. The first kappa shape index (κ1) is 31.0. The molecule has 52 heavy (non-hydrogen) atoms. The van der Waals surface area contributed by atoms with Gasteiger partial charge >= 0.3 is 0 Å². The smallest absolute Gasteiger partial charge is 0.164 e. The van der Waals surface area contributed by atoms with Gasteiger partial charge in [-0.25, -0.2) is 15.0 Å². The first-order chi connectivity index (χ1) is 25.5. The van der Waals surface area contributed by atoms with Crippen LogP contribution in [-0.4, -0.2) is 15.0 Å². The number of hydrogen-bond donors (Lipinski definition) is 0. The van der Waals surface area contributed by atoms with Crippen LogP contribution >= 0.6 is 0 Å². The molecule has 8 fully saturated rings. The average molecular weight is 679 g/mol.